The maximum atomic E-state index is 12.6. The molecule has 1 aromatic carbocycles. The van der Waals surface area contributed by atoms with Gasteiger partial charge in [-0.05, 0) is 12.1 Å². The van der Waals surface area contributed by atoms with Crippen molar-refractivity contribution in [3.05, 3.63) is 59.6 Å². The van der Waals surface area contributed by atoms with Gasteiger partial charge in [-0.3, -0.25) is 19.9 Å². The first kappa shape index (κ1) is 19.8. The van der Waals surface area contributed by atoms with Crippen LogP contribution < -0.4 is 10.2 Å². The summed E-state index contributed by atoms with van der Waals surface area (Å²) in [5, 5.41) is 14.9. The Morgan fingerprint density at radius 2 is 1.93 bits per heavy atom. The van der Waals surface area contributed by atoms with E-state index in [9.17, 15) is 14.7 Å². The Kier molecular flexibility index (Phi) is 5.84. The van der Waals surface area contributed by atoms with Crippen LogP contribution in [-0.2, 0) is 11.2 Å². The largest absolute Gasteiger partial charge is 0.506 e. The van der Waals surface area contributed by atoms with E-state index in [4.69, 9.17) is 0 Å². The molecule has 3 heterocycles. The molecular formula is C20H20N6O3S. The lowest BCUT2D eigenvalue weighted by Crippen LogP contribution is -2.49. The molecule has 0 aliphatic carbocycles. The molecule has 4 rings (SSSR count). The fourth-order valence-electron chi connectivity index (χ4n) is 3.22. The van der Waals surface area contributed by atoms with Crippen LogP contribution in [0.5, 0.6) is 5.75 Å². The number of benzene rings is 1. The third-order valence-electron chi connectivity index (χ3n) is 4.76. The molecule has 1 saturated heterocycles. The number of para-hydroxylation sites is 2. The highest BCUT2D eigenvalue weighted by molar-refractivity contribution is 7.14. The summed E-state index contributed by atoms with van der Waals surface area (Å²) in [5.74, 6) is -0.157. The average Bonchev–Trinajstić information content (AvgIpc) is 3.21. The number of carbonyl (C=O) groups excluding carboxylic acids is 2. The molecule has 2 amide bonds. The van der Waals surface area contributed by atoms with Crippen LogP contribution in [-0.4, -0.2) is 63.0 Å². The Morgan fingerprint density at radius 1 is 1.13 bits per heavy atom. The predicted octanol–water partition coefficient (Wildman–Crippen LogP) is 1.78. The molecule has 0 saturated carbocycles. The van der Waals surface area contributed by atoms with Gasteiger partial charge < -0.3 is 14.9 Å². The van der Waals surface area contributed by atoms with E-state index in [1.165, 1.54) is 29.9 Å². The molecule has 2 aromatic heterocycles. The van der Waals surface area contributed by atoms with E-state index in [0.717, 1.165) is 5.69 Å². The summed E-state index contributed by atoms with van der Waals surface area (Å²) < 4.78 is 0. The summed E-state index contributed by atoms with van der Waals surface area (Å²) in [7, 11) is 0. The third-order valence-corrected chi connectivity index (χ3v) is 5.56. The minimum Gasteiger partial charge on any atom is -0.506 e. The average molecular weight is 424 g/mol. The van der Waals surface area contributed by atoms with Gasteiger partial charge in [-0.25, -0.2) is 9.97 Å². The first-order valence-electron chi connectivity index (χ1n) is 9.42. The number of thiazole rings is 1. The molecule has 10 heteroatoms. The number of aromatic nitrogens is 3. The van der Waals surface area contributed by atoms with Crippen molar-refractivity contribution >= 4 is 34.0 Å². The quantitative estimate of drug-likeness (QED) is 0.642. The third kappa shape index (κ3) is 4.54. The van der Waals surface area contributed by atoms with Gasteiger partial charge in [-0.1, -0.05) is 12.1 Å². The van der Waals surface area contributed by atoms with E-state index in [1.807, 2.05) is 12.1 Å². The fraction of sp³-hybridized carbons (Fsp3) is 0.250. The Bertz CT molecular complexity index is 1030. The number of phenolic OH excluding ortho intramolecular Hbond substituents is 1. The van der Waals surface area contributed by atoms with Crippen molar-refractivity contribution in [2.75, 3.05) is 36.4 Å². The normalized spacial score (nSPS) is 13.9. The molecular weight excluding hydrogens is 404 g/mol. The van der Waals surface area contributed by atoms with Gasteiger partial charge in [0, 0.05) is 44.0 Å². The molecule has 9 nitrogen and oxygen atoms in total. The Hall–Kier alpha value is -3.53. The molecule has 0 bridgehead atoms. The Balaban J connectivity index is 1.30. The lowest BCUT2D eigenvalue weighted by molar-refractivity contribution is -0.130. The SMILES string of the molecule is O=C(Nc1nc(CC(=O)N2CCN(c3ccccc3O)CC2)cs1)c1cnccn1. The topological polar surface area (TPSA) is 112 Å². The molecule has 2 N–H and O–H groups in total. The Labute approximate surface area is 177 Å². The second-order valence-corrected chi connectivity index (χ2v) is 7.58. The lowest BCUT2D eigenvalue weighted by Gasteiger charge is -2.36. The molecule has 0 atom stereocenters. The summed E-state index contributed by atoms with van der Waals surface area (Å²) in [4.78, 5) is 40.8. The summed E-state index contributed by atoms with van der Waals surface area (Å²) in [6.45, 7) is 2.46. The van der Waals surface area contributed by atoms with Crippen LogP contribution >= 0.6 is 11.3 Å². The summed E-state index contributed by atoms with van der Waals surface area (Å²) >= 11 is 1.26. The van der Waals surface area contributed by atoms with Gasteiger partial charge in [0.1, 0.15) is 11.4 Å². The molecule has 1 aliphatic rings. The van der Waals surface area contributed by atoms with Crippen LogP contribution in [0.4, 0.5) is 10.8 Å². The van der Waals surface area contributed by atoms with Crippen LogP contribution in [0.2, 0.25) is 0 Å². The highest BCUT2D eigenvalue weighted by atomic mass is 32.1. The summed E-state index contributed by atoms with van der Waals surface area (Å²) in [5.41, 5.74) is 1.60. The van der Waals surface area contributed by atoms with Crippen molar-refractivity contribution in [3.8, 4) is 5.75 Å². The van der Waals surface area contributed by atoms with Gasteiger partial charge in [0.15, 0.2) is 5.13 Å². The maximum Gasteiger partial charge on any atom is 0.277 e. The van der Waals surface area contributed by atoms with E-state index in [-0.39, 0.29) is 23.8 Å². The van der Waals surface area contributed by atoms with Crippen LogP contribution in [0.1, 0.15) is 16.2 Å². The lowest BCUT2D eigenvalue weighted by atomic mass is 10.2. The van der Waals surface area contributed by atoms with E-state index in [0.29, 0.717) is 37.0 Å². The van der Waals surface area contributed by atoms with Gasteiger partial charge in [-0.2, -0.15) is 0 Å². The van der Waals surface area contributed by atoms with Gasteiger partial charge in [0.2, 0.25) is 5.91 Å². The van der Waals surface area contributed by atoms with E-state index >= 15 is 0 Å². The molecule has 0 spiro atoms. The highest BCUT2D eigenvalue weighted by Crippen LogP contribution is 2.27. The highest BCUT2D eigenvalue weighted by Gasteiger charge is 2.23. The summed E-state index contributed by atoms with van der Waals surface area (Å²) in [6.07, 6.45) is 4.49. The fourth-order valence-corrected chi connectivity index (χ4v) is 3.92. The first-order chi connectivity index (χ1) is 14.6. The van der Waals surface area contributed by atoms with Crippen molar-refractivity contribution < 1.29 is 14.7 Å². The standard InChI is InChI=1S/C20H20N6O3S/c27-17-4-2-1-3-16(17)25-7-9-26(10-8-25)18(28)11-14-13-30-20(23-14)24-19(29)15-12-21-5-6-22-15/h1-6,12-13,27H,7-11H2,(H,23,24,29). The van der Waals surface area contributed by atoms with E-state index in [1.54, 1.807) is 22.4 Å². The number of amides is 2. The number of piperazine rings is 1. The minimum atomic E-state index is -0.393. The number of nitrogens with one attached hydrogen (secondary N) is 1. The molecule has 30 heavy (non-hydrogen) atoms. The van der Waals surface area contributed by atoms with E-state index < -0.39 is 5.91 Å². The number of hydrogen-bond donors (Lipinski definition) is 2. The van der Waals surface area contributed by atoms with Gasteiger partial charge in [-0.15, -0.1) is 11.3 Å². The smallest absolute Gasteiger partial charge is 0.277 e. The number of hydrogen-bond acceptors (Lipinski definition) is 8. The van der Waals surface area contributed by atoms with Gasteiger partial charge in [0.05, 0.1) is 24.0 Å². The second-order valence-electron chi connectivity index (χ2n) is 6.72. The molecule has 0 unspecified atom stereocenters. The molecule has 3 aromatic rings. The van der Waals surface area contributed by atoms with Crippen LogP contribution in [0, 0.1) is 0 Å². The Morgan fingerprint density at radius 3 is 2.67 bits per heavy atom. The number of anilines is 2. The van der Waals surface area contributed by atoms with Gasteiger partial charge in [0.25, 0.3) is 5.91 Å². The van der Waals surface area contributed by atoms with Crippen molar-refractivity contribution in [2.24, 2.45) is 0 Å². The maximum absolute atomic E-state index is 12.6. The number of nitrogens with zero attached hydrogens (tertiary/aromatic N) is 5. The number of rotatable bonds is 5. The molecule has 1 fully saturated rings. The summed E-state index contributed by atoms with van der Waals surface area (Å²) in [6, 6.07) is 7.21. The predicted molar refractivity (Wildman–Crippen MR) is 113 cm³/mol. The first-order valence-corrected chi connectivity index (χ1v) is 10.3. The van der Waals surface area contributed by atoms with Gasteiger partial charge >= 0.3 is 0 Å². The molecule has 154 valence electrons. The van der Waals surface area contributed by atoms with Crippen LogP contribution in [0.15, 0.2) is 48.2 Å². The van der Waals surface area contributed by atoms with Crippen LogP contribution in [0.25, 0.3) is 0 Å². The van der Waals surface area contributed by atoms with Crippen molar-refractivity contribution in [1.82, 2.24) is 19.9 Å². The second kappa shape index (κ2) is 8.87. The number of aromatic hydroxyl groups is 1. The zero-order valence-electron chi connectivity index (χ0n) is 16.1. The van der Waals surface area contributed by atoms with Crippen molar-refractivity contribution in [2.45, 2.75) is 6.42 Å². The molecule has 0 radical (unpaired) electrons. The zero-order valence-corrected chi connectivity index (χ0v) is 16.9. The number of carbonyl (C=O) groups is 2. The zero-order chi connectivity index (χ0) is 20.9. The number of phenols is 1. The molecule has 1 aliphatic heterocycles. The van der Waals surface area contributed by atoms with E-state index in [2.05, 4.69) is 25.2 Å². The van der Waals surface area contributed by atoms with Crippen LogP contribution in [0.3, 0.4) is 0 Å². The van der Waals surface area contributed by atoms with Crippen molar-refractivity contribution in [3.63, 3.8) is 0 Å². The minimum absolute atomic E-state index is 0.0102. The monoisotopic (exact) mass is 424 g/mol. The van der Waals surface area contributed by atoms with Crippen molar-refractivity contribution in [1.29, 1.82) is 0 Å².